The fraction of sp³-hybridized carbons (Fsp3) is 0.208. The van der Waals surface area contributed by atoms with Gasteiger partial charge in [0, 0.05) is 28.1 Å². The number of carbonyl (C=O) groups excluding carboxylic acids is 2. The van der Waals surface area contributed by atoms with Gasteiger partial charge in [0.1, 0.15) is 11.5 Å². The van der Waals surface area contributed by atoms with Crippen LogP contribution in [0.4, 0.5) is 5.69 Å². The fourth-order valence-electron chi connectivity index (χ4n) is 3.74. The van der Waals surface area contributed by atoms with Crippen molar-refractivity contribution in [1.29, 1.82) is 0 Å². The zero-order valence-corrected chi connectivity index (χ0v) is 18.5. The summed E-state index contributed by atoms with van der Waals surface area (Å²) >= 11 is 5.96. The van der Waals surface area contributed by atoms with Crippen LogP contribution in [0.5, 0.6) is 5.75 Å². The standard InChI is InChI=1S/C24H22ClN3O4/c1-14-21-18(27-28-23(29)15-7-5-8-16(25)13-15)10-6-12-20(21)32-22(14)24(30)26-17-9-3-4-11-19(17)31-2/h3-5,7-9,11,13H,6,10,12H2,1-2H3,(H,26,30)(H,28,29)/b27-18+. The topological polar surface area (TPSA) is 92.9 Å². The maximum Gasteiger partial charge on any atom is 0.291 e. The number of amides is 2. The van der Waals surface area contributed by atoms with Gasteiger partial charge in [0.05, 0.1) is 18.5 Å². The number of hydrogen-bond donors (Lipinski definition) is 2. The molecule has 2 aromatic carbocycles. The van der Waals surface area contributed by atoms with Gasteiger partial charge >= 0.3 is 0 Å². The molecule has 1 aliphatic carbocycles. The van der Waals surface area contributed by atoms with Crippen LogP contribution in [0.25, 0.3) is 0 Å². The van der Waals surface area contributed by atoms with Crippen LogP contribution in [0.1, 0.15) is 50.6 Å². The average Bonchev–Trinajstić information content (AvgIpc) is 3.15. The number of ether oxygens (including phenoxy) is 1. The number of fused-ring (bicyclic) bond motifs is 1. The molecule has 0 radical (unpaired) electrons. The number of furan rings is 1. The van der Waals surface area contributed by atoms with E-state index in [2.05, 4.69) is 15.8 Å². The molecule has 3 aromatic rings. The number of methoxy groups -OCH3 is 1. The third-order valence-corrected chi connectivity index (χ3v) is 5.50. The number of nitrogens with zero attached hydrogens (tertiary/aromatic N) is 1. The van der Waals surface area contributed by atoms with Gasteiger partial charge in [-0.3, -0.25) is 9.59 Å². The van der Waals surface area contributed by atoms with Crippen molar-refractivity contribution in [3.8, 4) is 5.75 Å². The molecule has 164 valence electrons. The minimum atomic E-state index is -0.372. The second kappa shape index (κ2) is 9.28. The lowest BCUT2D eigenvalue weighted by Gasteiger charge is -2.13. The van der Waals surface area contributed by atoms with Crippen LogP contribution in [-0.2, 0) is 6.42 Å². The van der Waals surface area contributed by atoms with Crippen LogP contribution < -0.4 is 15.5 Å². The summed E-state index contributed by atoms with van der Waals surface area (Å²) in [6, 6.07) is 13.8. The molecule has 0 atom stereocenters. The molecule has 0 aliphatic heterocycles. The maximum absolute atomic E-state index is 12.9. The number of halogens is 1. The highest BCUT2D eigenvalue weighted by atomic mass is 35.5. The van der Waals surface area contributed by atoms with Gasteiger partial charge in [-0.05, 0) is 50.1 Å². The highest BCUT2D eigenvalue weighted by Crippen LogP contribution is 2.31. The fourth-order valence-corrected chi connectivity index (χ4v) is 3.93. The van der Waals surface area contributed by atoms with Gasteiger partial charge in [0.15, 0.2) is 5.76 Å². The Morgan fingerprint density at radius 1 is 1.09 bits per heavy atom. The number of rotatable bonds is 5. The molecule has 8 heteroatoms. The van der Waals surface area contributed by atoms with Crippen molar-refractivity contribution in [2.45, 2.75) is 26.2 Å². The molecule has 0 spiro atoms. The Balaban J connectivity index is 1.58. The van der Waals surface area contributed by atoms with Crippen LogP contribution in [0.2, 0.25) is 5.02 Å². The number of aryl methyl sites for hydroxylation is 1. The van der Waals surface area contributed by atoms with Gasteiger partial charge in [0.2, 0.25) is 0 Å². The molecule has 7 nitrogen and oxygen atoms in total. The van der Waals surface area contributed by atoms with E-state index in [1.165, 1.54) is 0 Å². The van der Waals surface area contributed by atoms with Gasteiger partial charge in [0.25, 0.3) is 11.8 Å². The van der Waals surface area contributed by atoms with Crippen molar-refractivity contribution >= 4 is 34.8 Å². The van der Waals surface area contributed by atoms with E-state index in [1.807, 2.05) is 19.1 Å². The molecule has 0 saturated heterocycles. The van der Waals surface area contributed by atoms with E-state index in [9.17, 15) is 9.59 Å². The zero-order valence-electron chi connectivity index (χ0n) is 17.7. The van der Waals surface area contributed by atoms with Crippen molar-refractivity contribution in [1.82, 2.24) is 5.43 Å². The van der Waals surface area contributed by atoms with Crippen LogP contribution in [0, 0.1) is 6.92 Å². The molecule has 2 amide bonds. The Morgan fingerprint density at radius 3 is 2.69 bits per heavy atom. The smallest absolute Gasteiger partial charge is 0.291 e. The lowest BCUT2D eigenvalue weighted by molar-refractivity contribution is 0.0953. The minimum absolute atomic E-state index is 0.219. The molecular weight excluding hydrogens is 430 g/mol. The predicted molar refractivity (Wildman–Crippen MR) is 123 cm³/mol. The monoisotopic (exact) mass is 451 g/mol. The Labute approximate surface area is 190 Å². The lowest BCUT2D eigenvalue weighted by atomic mass is 9.93. The molecule has 0 unspecified atom stereocenters. The van der Waals surface area contributed by atoms with Gasteiger partial charge in [-0.25, -0.2) is 5.43 Å². The molecule has 4 rings (SSSR count). The number of benzene rings is 2. The first-order valence-corrected chi connectivity index (χ1v) is 10.5. The van der Waals surface area contributed by atoms with Crippen LogP contribution in [0.15, 0.2) is 58.0 Å². The molecular formula is C24H22ClN3O4. The average molecular weight is 452 g/mol. The number of para-hydroxylation sites is 2. The Hall–Kier alpha value is -3.58. The normalized spacial score (nSPS) is 14.0. The maximum atomic E-state index is 12.9. The summed E-state index contributed by atoms with van der Waals surface area (Å²) in [5.74, 6) is 0.735. The summed E-state index contributed by atoms with van der Waals surface area (Å²) in [5.41, 5.74) is 5.69. The van der Waals surface area contributed by atoms with Crippen LogP contribution in [0.3, 0.4) is 0 Å². The van der Waals surface area contributed by atoms with E-state index >= 15 is 0 Å². The Kier molecular flexibility index (Phi) is 6.28. The second-order valence-corrected chi connectivity index (χ2v) is 7.81. The summed E-state index contributed by atoms with van der Waals surface area (Å²) < 4.78 is 11.2. The van der Waals surface area contributed by atoms with Crippen LogP contribution in [-0.4, -0.2) is 24.6 Å². The van der Waals surface area contributed by atoms with Crippen molar-refractivity contribution in [2.24, 2.45) is 5.10 Å². The SMILES string of the molecule is COc1ccccc1NC(=O)c1oc2c(c1C)/C(=N/NC(=O)c1cccc(Cl)c1)CCC2. The predicted octanol–water partition coefficient (Wildman–Crippen LogP) is 4.97. The Bertz CT molecular complexity index is 1220. The van der Waals surface area contributed by atoms with Crippen molar-refractivity contribution in [3.05, 3.63) is 81.8 Å². The van der Waals surface area contributed by atoms with E-state index in [0.717, 1.165) is 12.0 Å². The molecule has 32 heavy (non-hydrogen) atoms. The van der Waals surface area contributed by atoms with Crippen molar-refractivity contribution in [2.75, 3.05) is 12.4 Å². The molecule has 0 saturated carbocycles. The van der Waals surface area contributed by atoms with E-state index < -0.39 is 0 Å². The first kappa shape index (κ1) is 21.6. The van der Waals surface area contributed by atoms with Gasteiger partial charge in [-0.1, -0.05) is 29.8 Å². The second-order valence-electron chi connectivity index (χ2n) is 7.37. The molecule has 1 aromatic heterocycles. The summed E-state index contributed by atoms with van der Waals surface area (Å²) in [7, 11) is 1.54. The highest BCUT2D eigenvalue weighted by molar-refractivity contribution is 6.31. The largest absolute Gasteiger partial charge is 0.495 e. The van der Waals surface area contributed by atoms with E-state index in [4.69, 9.17) is 20.8 Å². The van der Waals surface area contributed by atoms with E-state index in [-0.39, 0.29) is 17.6 Å². The van der Waals surface area contributed by atoms with Crippen molar-refractivity contribution in [3.63, 3.8) is 0 Å². The highest BCUT2D eigenvalue weighted by Gasteiger charge is 2.28. The van der Waals surface area contributed by atoms with E-state index in [1.54, 1.807) is 43.5 Å². The summed E-state index contributed by atoms with van der Waals surface area (Å²) in [6.45, 7) is 1.82. The van der Waals surface area contributed by atoms with Crippen LogP contribution >= 0.6 is 11.6 Å². The first-order valence-electron chi connectivity index (χ1n) is 10.2. The first-order chi connectivity index (χ1) is 15.5. The Morgan fingerprint density at radius 2 is 1.91 bits per heavy atom. The van der Waals surface area contributed by atoms with Gasteiger partial charge in [-0.2, -0.15) is 5.10 Å². The molecule has 0 bridgehead atoms. The molecule has 2 N–H and O–H groups in total. The summed E-state index contributed by atoms with van der Waals surface area (Å²) in [5, 5.41) is 7.65. The number of carbonyl (C=O) groups is 2. The van der Waals surface area contributed by atoms with Gasteiger partial charge in [-0.15, -0.1) is 0 Å². The number of hydrazone groups is 1. The van der Waals surface area contributed by atoms with Gasteiger partial charge < -0.3 is 14.5 Å². The quantitative estimate of drug-likeness (QED) is 0.535. The lowest BCUT2D eigenvalue weighted by Crippen LogP contribution is -2.22. The number of nitrogens with one attached hydrogen (secondary N) is 2. The van der Waals surface area contributed by atoms with Crippen molar-refractivity contribution < 1.29 is 18.7 Å². The molecule has 1 heterocycles. The zero-order chi connectivity index (χ0) is 22.7. The third-order valence-electron chi connectivity index (χ3n) is 5.27. The molecule has 0 fully saturated rings. The minimum Gasteiger partial charge on any atom is -0.495 e. The van der Waals surface area contributed by atoms with E-state index in [0.29, 0.717) is 51.9 Å². The number of anilines is 1. The summed E-state index contributed by atoms with van der Waals surface area (Å²) in [4.78, 5) is 25.4. The summed E-state index contributed by atoms with van der Waals surface area (Å²) in [6.07, 6.45) is 2.16. The third kappa shape index (κ3) is 4.38. The number of hydrogen-bond acceptors (Lipinski definition) is 5. The molecule has 1 aliphatic rings.